The second-order valence-electron chi connectivity index (χ2n) is 10.6. The van der Waals surface area contributed by atoms with Crippen LogP contribution in [0.2, 0.25) is 0 Å². The highest BCUT2D eigenvalue weighted by atomic mass is 32.2. The van der Waals surface area contributed by atoms with Crippen molar-refractivity contribution < 1.29 is 22.7 Å². The monoisotopic (exact) mass is 632 g/mol. The van der Waals surface area contributed by atoms with Gasteiger partial charge in [-0.05, 0) is 79.1 Å². The molecule has 0 spiro atoms. The minimum Gasteiger partial charge on any atom is -0.406 e. The molecular formula is C33H31F3N6O2S. The van der Waals surface area contributed by atoms with Crippen LogP contribution < -0.4 is 15.0 Å². The molecule has 0 atom stereocenters. The summed E-state index contributed by atoms with van der Waals surface area (Å²) in [6.07, 6.45) is 1.23. The number of halogens is 3. The Bertz CT molecular complexity index is 1730. The number of aliphatic imine (C=N–C) groups is 1. The Hall–Kier alpha value is -4.58. The van der Waals surface area contributed by atoms with E-state index in [0.717, 1.165) is 77.7 Å². The van der Waals surface area contributed by atoms with E-state index in [1.807, 2.05) is 36.4 Å². The zero-order chi connectivity index (χ0) is 31.4. The molecule has 1 fully saturated rings. The number of ether oxygens (including phenoxy) is 1. The van der Waals surface area contributed by atoms with E-state index >= 15 is 0 Å². The molecule has 1 aliphatic heterocycles. The molecular weight excluding hydrogens is 601 g/mol. The number of nitrogens with one attached hydrogen (secondary N) is 1. The smallest absolute Gasteiger partial charge is 0.406 e. The molecule has 1 aromatic heterocycles. The molecule has 8 nitrogen and oxygen atoms in total. The fourth-order valence-corrected chi connectivity index (χ4v) is 6.48. The highest BCUT2D eigenvalue weighted by Gasteiger charge is 2.31. The van der Waals surface area contributed by atoms with Crippen molar-refractivity contribution >= 4 is 34.2 Å². The highest BCUT2D eigenvalue weighted by Crippen LogP contribution is 2.34. The molecule has 2 amide bonds. The number of rotatable bonds is 7. The number of hydrogen-bond acceptors (Lipinski definition) is 5. The highest BCUT2D eigenvalue weighted by molar-refractivity contribution is 8.14. The van der Waals surface area contributed by atoms with Gasteiger partial charge in [-0.2, -0.15) is 4.99 Å². The predicted octanol–water partition coefficient (Wildman–Crippen LogP) is 8.00. The number of hydrogen-bond donors (Lipinski definition) is 1. The van der Waals surface area contributed by atoms with Gasteiger partial charge < -0.3 is 15.0 Å². The molecule has 1 N–H and O–H groups in total. The van der Waals surface area contributed by atoms with Crippen LogP contribution in [0.1, 0.15) is 43.7 Å². The number of para-hydroxylation sites is 1. The van der Waals surface area contributed by atoms with Crippen LogP contribution >= 0.6 is 11.8 Å². The van der Waals surface area contributed by atoms with Crippen LogP contribution in [0.15, 0.2) is 89.8 Å². The second-order valence-corrected chi connectivity index (χ2v) is 11.7. The standard InChI is InChI=1S/C33H31F3N6O2S/c1-2-22-7-3-4-10-29(22)41-19-6-20-45-32(41)39-31(43)38-28-9-5-8-27(28)23-11-13-24(14-12-23)30-37-21-42(40-30)25-15-17-26(18-16-25)44-33(34,35)36/h3-4,7,10-18,21H,2,5-6,8-9,19-20H2,1H3,(H,38,43). The van der Waals surface area contributed by atoms with Crippen molar-refractivity contribution in [3.8, 4) is 22.8 Å². The number of benzene rings is 3. The SMILES string of the molecule is CCc1ccccc1N1CCCSC1=NC(=O)NC1=C(c2ccc(-c3ncn(-c4ccc(OC(F)(F)F)cc4)n3)cc2)CCC1. The zero-order valence-corrected chi connectivity index (χ0v) is 25.4. The lowest BCUT2D eigenvalue weighted by Gasteiger charge is -2.31. The van der Waals surface area contributed by atoms with Crippen molar-refractivity contribution in [1.82, 2.24) is 20.1 Å². The average Bonchev–Trinajstić information content (AvgIpc) is 3.71. The molecule has 12 heteroatoms. The first-order valence-electron chi connectivity index (χ1n) is 14.8. The van der Waals surface area contributed by atoms with Gasteiger partial charge in [0, 0.05) is 29.2 Å². The van der Waals surface area contributed by atoms with Crippen LogP contribution in [0.4, 0.5) is 23.7 Å². The van der Waals surface area contributed by atoms with Gasteiger partial charge in [0.05, 0.1) is 5.69 Å². The Balaban J connectivity index is 1.15. The molecule has 0 unspecified atom stereocenters. The van der Waals surface area contributed by atoms with Crippen molar-refractivity contribution in [2.75, 3.05) is 17.2 Å². The van der Waals surface area contributed by atoms with Gasteiger partial charge in [0.15, 0.2) is 11.0 Å². The fraction of sp³-hybridized carbons (Fsp3) is 0.273. The molecule has 4 aromatic rings. The van der Waals surface area contributed by atoms with E-state index in [1.165, 1.54) is 40.8 Å². The molecule has 1 saturated heterocycles. The summed E-state index contributed by atoms with van der Waals surface area (Å²) in [6, 6.07) is 21.1. The number of amidine groups is 1. The quantitative estimate of drug-likeness (QED) is 0.222. The average molecular weight is 633 g/mol. The molecule has 3 aromatic carbocycles. The summed E-state index contributed by atoms with van der Waals surface area (Å²) in [7, 11) is 0. The number of amides is 2. The van der Waals surface area contributed by atoms with Gasteiger partial charge >= 0.3 is 12.4 Å². The largest absolute Gasteiger partial charge is 0.573 e. The minimum absolute atomic E-state index is 0.307. The number of urea groups is 1. The van der Waals surface area contributed by atoms with E-state index in [4.69, 9.17) is 0 Å². The second kappa shape index (κ2) is 13.2. The number of carbonyl (C=O) groups excluding carboxylic acids is 1. The summed E-state index contributed by atoms with van der Waals surface area (Å²) in [5, 5.41) is 8.28. The number of nitrogens with zero attached hydrogens (tertiary/aromatic N) is 5. The topological polar surface area (TPSA) is 84.6 Å². The number of anilines is 1. The number of alkyl halides is 3. The number of aryl methyl sites for hydroxylation is 1. The summed E-state index contributed by atoms with van der Waals surface area (Å²) in [4.78, 5) is 24.2. The lowest BCUT2D eigenvalue weighted by molar-refractivity contribution is -0.274. The number of carbonyl (C=O) groups is 1. The first-order valence-corrected chi connectivity index (χ1v) is 15.7. The fourth-order valence-electron chi connectivity index (χ4n) is 5.53. The Kier molecular flexibility index (Phi) is 8.92. The predicted molar refractivity (Wildman–Crippen MR) is 170 cm³/mol. The normalized spacial score (nSPS) is 16.4. The summed E-state index contributed by atoms with van der Waals surface area (Å²) in [5.41, 5.74) is 6.64. The van der Waals surface area contributed by atoms with Gasteiger partial charge in [-0.25, -0.2) is 14.5 Å². The Morgan fingerprint density at radius 1 is 1.00 bits per heavy atom. The van der Waals surface area contributed by atoms with E-state index in [2.05, 4.69) is 49.1 Å². The van der Waals surface area contributed by atoms with E-state index in [9.17, 15) is 18.0 Å². The number of thioether (sulfide) groups is 1. The van der Waals surface area contributed by atoms with Crippen molar-refractivity contribution in [3.63, 3.8) is 0 Å². The van der Waals surface area contributed by atoms with Gasteiger partial charge in [0.1, 0.15) is 12.1 Å². The van der Waals surface area contributed by atoms with Crippen LogP contribution in [0.3, 0.4) is 0 Å². The van der Waals surface area contributed by atoms with Crippen LogP contribution in [-0.4, -0.2) is 44.6 Å². The summed E-state index contributed by atoms with van der Waals surface area (Å²) in [5.74, 6) is 1.09. The van der Waals surface area contributed by atoms with Gasteiger partial charge in [-0.15, -0.1) is 18.3 Å². The van der Waals surface area contributed by atoms with Crippen LogP contribution in [0.25, 0.3) is 22.6 Å². The Morgan fingerprint density at radius 3 is 2.51 bits per heavy atom. The van der Waals surface area contributed by atoms with E-state index < -0.39 is 6.36 Å². The maximum absolute atomic E-state index is 13.2. The molecule has 232 valence electrons. The van der Waals surface area contributed by atoms with Gasteiger partial charge in [-0.1, -0.05) is 61.2 Å². The third kappa shape index (κ3) is 7.22. The maximum atomic E-state index is 13.2. The molecule has 1 aliphatic carbocycles. The zero-order valence-electron chi connectivity index (χ0n) is 24.6. The minimum atomic E-state index is -4.75. The molecule has 2 heterocycles. The Labute approximate surface area is 263 Å². The number of allylic oxidation sites excluding steroid dienone is 2. The molecule has 0 radical (unpaired) electrons. The van der Waals surface area contributed by atoms with Gasteiger partial charge in [0.25, 0.3) is 0 Å². The lowest BCUT2D eigenvalue weighted by atomic mass is 10.0. The van der Waals surface area contributed by atoms with E-state index in [-0.39, 0.29) is 11.8 Å². The molecule has 0 bridgehead atoms. The van der Waals surface area contributed by atoms with Crippen LogP contribution in [0.5, 0.6) is 5.75 Å². The summed E-state index contributed by atoms with van der Waals surface area (Å²) in [6.45, 7) is 2.96. The van der Waals surface area contributed by atoms with Crippen molar-refractivity contribution in [1.29, 1.82) is 0 Å². The summed E-state index contributed by atoms with van der Waals surface area (Å²) < 4.78 is 42.8. The third-order valence-electron chi connectivity index (χ3n) is 7.64. The molecule has 0 saturated carbocycles. The first kappa shape index (κ1) is 30.4. The van der Waals surface area contributed by atoms with Crippen LogP contribution in [0, 0.1) is 0 Å². The molecule has 45 heavy (non-hydrogen) atoms. The molecule has 6 rings (SSSR count). The first-order chi connectivity index (χ1) is 21.8. The number of aromatic nitrogens is 3. The third-order valence-corrected chi connectivity index (χ3v) is 8.71. The van der Waals surface area contributed by atoms with Crippen molar-refractivity contribution in [3.05, 3.63) is 95.9 Å². The lowest BCUT2D eigenvalue weighted by Crippen LogP contribution is -2.36. The van der Waals surface area contributed by atoms with Gasteiger partial charge in [0.2, 0.25) is 0 Å². The van der Waals surface area contributed by atoms with Crippen molar-refractivity contribution in [2.45, 2.75) is 45.4 Å². The van der Waals surface area contributed by atoms with E-state index in [0.29, 0.717) is 11.5 Å². The summed E-state index contributed by atoms with van der Waals surface area (Å²) >= 11 is 1.61. The van der Waals surface area contributed by atoms with E-state index in [1.54, 1.807) is 11.8 Å². The van der Waals surface area contributed by atoms with Crippen molar-refractivity contribution in [2.24, 2.45) is 4.99 Å². The van der Waals surface area contributed by atoms with Crippen LogP contribution in [-0.2, 0) is 6.42 Å². The maximum Gasteiger partial charge on any atom is 0.573 e. The van der Waals surface area contributed by atoms with Gasteiger partial charge in [-0.3, -0.25) is 0 Å². The Morgan fingerprint density at radius 2 is 1.76 bits per heavy atom. The molecule has 2 aliphatic rings.